The van der Waals surface area contributed by atoms with Crippen molar-refractivity contribution >= 4 is 17.3 Å². The van der Waals surface area contributed by atoms with E-state index < -0.39 is 16.2 Å². The van der Waals surface area contributed by atoms with Crippen molar-refractivity contribution in [2.45, 2.75) is 88.0 Å². The first-order valence-corrected chi connectivity index (χ1v) is 14.2. The number of nitrogens with zero attached hydrogens (tertiary/aromatic N) is 1. The highest BCUT2D eigenvalue weighted by Crippen LogP contribution is 2.66. The zero-order valence-electron chi connectivity index (χ0n) is 25.0. The summed E-state index contributed by atoms with van der Waals surface area (Å²) in [5.74, 6) is 0.188. The summed E-state index contributed by atoms with van der Waals surface area (Å²) in [7, 11) is 0. The summed E-state index contributed by atoms with van der Waals surface area (Å²) < 4.78 is 0. The Kier molecular flexibility index (Phi) is 6.29. The Hall–Kier alpha value is -3.14. The van der Waals surface area contributed by atoms with Crippen LogP contribution >= 0.6 is 0 Å². The molecule has 0 saturated heterocycles. The molecule has 4 heteroatoms. The van der Waals surface area contributed by atoms with Crippen molar-refractivity contribution in [3.05, 3.63) is 75.0 Å². The number of Topliss-reactive ketones (excluding diaryl/α,β-unsaturated/α-hetero) is 3. The number of benzene rings is 1. The maximum Gasteiger partial charge on any atom is 0.190 e. The van der Waals surface area contributed by atoms with Gasteiger partial charge in [-0.25, -0.2) is 0 Å². The highest BCUT2D eigenvalue weighted by molar-refractivity contribution is 6.24. The van der Waals surface area contributed by atoms with E-state index in [1.165, 1.54) is 12.5 Å². The van der Waals surface area contributed by atoms with Crippen molar-refractivity contribution in [3.63, 3.8) is 0 Å². The van der Waals surface area contributed by atoms with Crippen molar-refractivity contribution in [3.8, 4) is 11.3 Å². The Balaban J connectivity index is 1.80. The van der Waals surface area contributed by atoms with E-state index in [1.807, 2.05) is 45.2 Å². The Bertz CT molecular complexity index is 1510. The van der Waals surface area contributed by atoms with E-state index in [0.717, 1.165) is 57.5 Å². The lowest BCUT2D eigenvalue weighted by molar-refractivity contribution is -0.134. The van der Waals surface area contributed by atoms with E-state index in [4.69, 9.17) is 4.98 Å². The highest BCUT2D eigenvalue weighted by Gasteiger charge is 2.63. The molecule has 1 aromatic carbocycles. The molecule has 0 spiro atoms. The average Bonchev–Trinajstić information content (AvgIpc) is 2.83. The Morgan fingerprint density at radius 3 is 2.33 bits per heavy atom. The predicted molar refractivity (Wildman–Crippen MR) is 156 cm³/mol. The van der Waals surface area contributed by atoms with Gasteiger partial charge in [-0.1, -0.05) is 44.9 Å². The number of hydrogen-bond donors (Lipinski definition) is 0. The first-order valence-electron chi connectivity index (χ1n) is 14.2. The molecule has 3 aliphatic carbocycles. The highest BCUT2D eigenvalue weighted by atomic mass is 16.2. The van der Waals surface area contributed by atoms with Gasteiger partial charge in [0.25, 0.3) is 0 Å². The van der Waals surface area contributed by atoms with E-state index in [1.54, 1.807) is 0 Å². The van der Waals surface area contributed by atoms with Gasteiger partial charge in [0.15, 0.2) is 17.3 Å². The van der Waals surface area contributed by atoms with Crippen LogP contribution in [0.2, 0.25) is 0 Å². The molecule has 0 radical (unpaired) electrons. The second-order valence-electron chi connectivity index (χ2n) is 13.5. The first kappa shape index (κ1) is 27.4. The standard InChI is InChI=1S/C35H41NO3/c1-19(2)14-24-15-25(27-12-10-11-13-36-27)26-17-33(7)18-34(8)16-20(3)28(23(6)37)32(39)35(34,9)22(5)30(33)31(38)29(26)21(24)4/h10-13,15,19H,14,16-18H2,1-9H3/t33-,34+,35+/m0/s1. The third-order valence-electron chi connectivity index (χ3n) is 10.2. The molecule has 3 atom stereocenters. The average molecular weight is 524 g/mol. The number of allylic oxidation sites excluding steroid dienone is 4. The molecule has 1 aromatic heterocycles. The molecule has 0 aliphatic heterocycles. The molecule has 5 rings (SSSR count). The molecule has 0 amide bonds. The summed E-state index contributed by atoms with van der Waals surface area (Å²) in [5.41, 5.74) is 7.13. The number of carbonyl (C=O) groups is 3. The minimum Gasteiger partial charge on any atom is -0.294 e. The molecule has 204 valence electrons. The van der Waals surface area contributed by atoms with Crippen LogP contribution in [0.1, 0.15) is 95.3 Å². The van der Waals surface area contributed by atoms with Gasteiger partial charge in [0.2, 0.25) is 0 Å². The van der Waals surface area contributed by atoms with Crippen molar-refractivity contribution in [1.82, 2.24) is 4.98 Å². The molecule has 0 fully saturated rings. The minimum absolute atomic E-state index is 0.0447. The summed E-state index contributed by atoms with van der Waals surface area (Å²) in [5, 5.41) is 0. The maximum atomic E-state index is 14.7. The maximum absolute atomic E-state index is 14.7. The SMILES string of the molecule is CC(=O)C1=C(C)C[C@]2(C)C[C@]3(C)Cc4c(-c5ccccn5)cc(CC(C)C)c(C)c4C(=O)C3=C(C)[C@]2(C)C1=O. The van der Waals surface area contributed by atoms with Crippen molar-refractivity contribution in [2.24, 2.45) is 22.2 Å². The van der Waals surface area contributed by atoms with Crippen LogP contribution in [0.25, 0.3) is 11.3 Å². The van der Waals surface area contributed by atoms with E-state index in [0.29, 0.717) is 24.3 Å². The van der Waals surface area contributed by atoms with Crippen LogP contribution in [0.3, 0.4) is 0 Å². The molecule has 0 saturated carbocycles. The van der Waals surface area contributed by atoms with E-state index >= 15 is 0 Å². The number of aromatic nitrogens is 1. The molecular formula is C35H41NO3. The Morgan fingerprint density at radius 1 is 1.05 bits per heavy atom. The van der Waals surface area contributed by atoms with Crippen LogP contribution < -0.4 is 0 Å². The summed E-state index contributed by atoms with van der Waals surface area (Å²) in [4.78, 5) is 46.2. The van der Waals surface area contributed by atoms with Gasteiger partial charge >= 0.3 is 0 Å². The second-order valence-corrected chi connectivity index (χ2v) is 13.5. The van der Waals surface area contributed by atoms with Gasteiger partial charge in [0, 0.05) is 28.3 Å². The smallest absolute Gasteiger partial charge is 0.190 e. The largest absolute Gasteiger partial charge is 0.294 e. The number of ketones is 3. The molecule has 0 bridgehead atoms. The van der Waals surface area contributed by atoms with Crippen LogP contribution in [0.4, 0.5) is 0 Å². The lowest BCUT2D eigenvalue weighted by Crippen LogP contribution is -2.57. The van der Waals surface area contributed by atoms with Crippen LogP contribution in [-0.4, -0.2) is 22.3 Å². The molecule has 2 aromatic rings. The van der Waals surface area contributed by atoms with Crippen LogP contribution in [-0.2, 0) is 22.4 Å². The van der Waals surface area contributed by atoms with Crippen molar-refractivity contribution < 1.29 is 14.4 Å². The molecule has 1 heterocycles. The van der Waals surface area contributed by atoms with Crippen LogP contribution in [0.15, 0.2) is 52.8 Å². The second kappa shape index (κ2) is 8.94. The van der Waals surface area contributed by atoms with E-state index in [9.17, 15) is 14.4 Å². The third kappa shape index (κ3) is 3.77. The van der Waals surface area contributed by atoms with Crippen LogP contribution in [0.5, 0.6) is 0 Å². The Labute approximate surface area is 233 Å². The summed E-state index contributed by atoms with van der Waals surface area (Å²) in [6.45, 7) is 18.3. The number of hydrogen-bond acceptors (Lipinski definition) is 4. The quantitative estimate of drug-likeness (QED) is 0.387. The fraction of sp³-hybridized carbons (Fsp3) is 0.486. The van der Waals surface area contributed by atoms with Crippen molar-refractivity contribution in [1.29, 1.82) is 0 Å². The number of carbonyl (C=O) groups excluding carboxylic acids is 3. The Morgan fingerprint density at radius 2 is 1.74 bits per heavy atom. The van der Waals surface area contributed by atoms with Crippen LogP contribution in [0, 0.1) is 29.1 Å². The van der Waals surface area contributed by atoms with Gasteiger partial charge in [0.1, 0.15) is 0 Å². The zero-order valence-corrected chi connectivity index (χ0v) is 25.0. The molecule has 4 nitrogen and oxygen atoms in total. The van der Waals surface area contributed by atoms with Gasteiger partial charge in [-0.2, -0.15) is 0 Å². The molecule has 39 heavy (non-hydrogen) atoms. The summed E-state index contributed by atoms with van der Waals surface area (Å²) in [6.07, 6.45) is 4.79. The molecular weight excluding hydrogens is 482 g/mol. The monoisotopic (exact) mass is 523 g/mol. The lowest BCUT2D eigenvalue weighted by atomic mass is 9.42. The number of fused-ring (bicyclic) bond motifs is 3. The number of pyridine rings is 1. The van der Waals surface area contributed by atoms with Gasteiger partial charge < -0.3 is 0 Å². The predicted octanol–water partition coefficient (Wildman–Crippen LogP) is 7.61. The van der Waals surface area contributed by atoms with Crippen molar-refractivity contribution in [2.75, 3.05) is 0 Å². The third-order valence-corrected chi connectivity index (χ3v) is 10.2. The van der Waals surface area contributed by atoms with Gasteiger partial charge in [-0.05, 0) is 107 Å². The lowest BCUT2D eigenvalue weighted by Gasteiger charge is -2.59. The fourth-order valence-electron chi connectivity index (χ4n) is 8.44. The summed E-state index contributed by atoms with van der Waals surface area (Å²) >= 11 is 0. The molecule has 3 aliphatic rings. The van der Waals surface area contributed by atoms with Gasteiger partial charge in [-0.15, -0.1) is 0 Å². The van der Waals surface area contributed by atoms with Gasteiger partial charge in [0.05, 0.1) is 16.7 Å². The van der Waals surface area contributed by atoms with E-state index in [2.05, 4.69) is 40.7 Å². The number of rotatable bonds is 4. The normalized spacial score (nSPS) is 28.5. The zero-order chi connectivity index (χ0) is 28.7. The molecule has 0 N–H and O–H groups in total. The minimum atomic E-state index is -0.900. The first-order chi connectivity index (χ1) is 18.2. The fourth-order valence-corrected chi connectivity index (χ4v) is 8.44. The van der Waals surface area contributed by atoms with Gasteiger partial charge in [-0.3, -0.25) is 19.4 Å². The van der Waals surface area contributed by atoms with E-state index in [-0.39, 0.29) is 17.3 Å². The summed E-state index contributed by atoms with van der Waals surface area (Å²) in [6, 6.07) is 8.22. The molecule has 0 unspecified atom stereocenters. The topological polar surface area (TPSA) is 64.1 Å².